The van der Waals surface area contributed by atoms with Crippen LogP contribution in [0.2, 0.25) is 0 Å². The first kappa shape index (κ1) is 24.8. The summed E-state index contributed by atoms with van der Waals surface area (Å²) < 4.78 is 5.63. The number of unbranched alkanes of at least 4 members (excludes halogenated alkanes) is 4. The summed E-state index contributed by atoms with van der Waals surface area (Å²) in [5.41, 5.74) is 10.3. The van der Waals surface area contributed by atoms with Gasteiger partial charge in [-0.25, -0.2) is 4.79 Å². The number of carbonyl (C=O) groups is 2. The van der Waals surface area contributed by atoms with Gasteiger partial charge in [-0.15, -0.1) is 0 Å². The number of alkyl carbamates (subject to hydrolysis) is 1. The molecule has 0 radical (unpaired) electrons. The summed E-state index contributed by atoms with van der Waals surface area (Å²) in [5, 5.41) is 5.74. The van der Waals surface area contributed by atoms with E-state index in [-0.39, 0.29) is 18.4 Å². The largest absolute Gasteiger partial charge is 0.449 e. The number of amides is 2. The molecule has 0 unspecified atom stereocenters. The van der Waals surface area contributed by atoms with Crippen molar-refractivity contribution in [1.82, 2.24) is 10.6 Å². The van der Waals surface area contributed by atoms with Crippen LogP contribution in [0.15, 0.2) is 48.5 Å². The van der Waals surface area contributed by atoms with Gasteiger partial charge in [-0.1, -0.05) is 74.7 Å². The van der Waals surface area contributed by atoms with Crippen LogP contribution >= 0.6 is 0 Å². The zero-order chi connectivity index (χ0) is 23.5. The first-order valence-corrected chi connectivity index (χ1v) is 12.2. The summed E-state index contributed by atoms with van der Waals surface area (Å²) in [4.78, 5) is 25.3. The highest BCUT2D eigenvalue weighted by Gasteiger charge is 2.29. The van der Waals surface area contributed by atoms with Crippen LogP contribution in [0.3, 0.4) is 0 Å². The molecule has 2 aromatic rings. The average molecular weight is 452 g/mol. The van der Waals surface area contributed by atoms with E-state index in [1.54, 1.807) is 0 Å². The summed E-state index contributed by atoms with van der Waals surface area (Å²) in [6.45, 7) is 3.58. The first-order valence-electron chi connectivity index (χ1n) is 12.2. The molecular weight excluding hydrogens is 414 g/mol. The highest BCUT2D eigenvalue weighted by atomic mass is 16.5. The fraction of sp³-hybridized carbons (Fsp3) is 0.481. The summed E-state index contributed by atoms with van der Waals surface area (Å²) >= 11 is 0. The molecular formula is C27H37N3O3. The molecule has 1 aliphatic rings. The number of rotatable bonds is 13. The molecule has 0 spiro atoms. The molecule has 6 heteroatoms. The quantitative estimate of drug-likeness (QED) is 0.384. The Balaban J connectivity index is 1.57. The molecule has 178 valence electrons. The highest BCUT2D eigenvalue weighted by molar-refractivity contribution is 5.85. The lowest BCUT2D eigenvalue weighted by atomic mass is 9.98. The number of hydrogen-bond acceptors (Lipinski definition) is 4. The van der Waals surface area contributed by atoms with Crippen molar-refractivity contribution in [3.63, 3.8) is 0 Å². The lowest BCUT2D eigenvalue weighted by Gasteiger charge is -2.20. The van der Waals surface area contributed by atoms with E-state index in [4.69, 9.17) is 10.5 Å². The number of hydrogen-bond donors (Lipinski definition) is 3. The highest BCUT2D eigenvalue weighted by Crippen LogP contribution is 2.44. The van der Waals surface area contributed by atoms with E-state index >= 15 is 0 Å². The minimum atomic E-state index is -0.613. The topological polar surface area (TPSA) is 93.5 Å². The maximum atomic E-state index is 12.7. The molecule has 0 fully saturated rings. The standard InChI is InChI=1S/C27H37N3O3/c1-2-3-4-11-18-29-26(31)25(16-9-10-17-28)30-27(32)33-19-24-22-14-7-5-12-20(22)21-13-6-8-15-23(21)24/h5-8,12-15,24-25H,2-4,9-11,16-19,28H2,1H3,(H,29,31)(H,30,32)/t25-/m0/s1. The van der Waals surface area contributed by atoms with Gasteiger partial charge in [0.1, 0.15) is 12.6 Å². The Morgan fingerprint density at radius 2 is 1.61 bits per heavy atom. The molecule has 1 aliphatic carbocycles. The molecule has 0 saturated carbocycles. The van der Waals surface area contributed by atoms with Gasteiger partial charge in [0.05, 0.1) is 0 Å². The third-order valence-electron chi connectivity index (χ3n) is 6.23. The number of benzene rings is 2. The molecule has 3 rings (SSSR count). The van der Waals surface area contributed by atoms with Gasteiger partial charge in [0.15, 0.2) is 0 Å². The lowest BCUT2D eigenvalue weighted by molar-refractivity contribution is -0.123. The Bertz CT molecular complexity index is 869. The molecule has 0 bridgehead atoms. The fourth-order valence-corrected chi connectivity index (χ4v) is 4.43. The van der Waals surface area contributed by atoms with Crippen molar-refractivity contribution in [3.05, 3.63) is 59.7 Å². The van der Waals surface area contributed by atoms with Gasteiger partial charge in [0.2, 0.25) is 5.91 Å². The minimum absolute atomic E-state index is 0.00812. The van der Waals surface area contributed by atoms with Gasteiger partial charge in [-0.2, -0.15) is 0 Å². The Morgan fingerprint density at radius 1 is 0.939 bits per heavy atom. The number of nitrogens with two attached hydrogens (primary N) is 1. The average Bonchev–Trinajstić information content (AvgIpc) is 3.15. The van der Waals surface area contributed by atoms with Crippen molar-refractivity contribution < 1.29 is 14.3 Å². The van der Waals surface area contributed by atoms with E-state index in [1.165, 1.54) is 11.1 Å². The Labute approximate surface area is 197 Å². The van der Waals surface area contributed by atoms with Crippen LogP contribution in [-0.4, -0.2) is 37.7 Å². The molecule has 2 aromatic carbocycles. The molecule has 6 nitrogen and oxygen atoms in total. The maximum absolute atomic E-state index is 12.7. The minimum Gasteiger partial charge on any atom is -0.449 e. The van der Waals surface area contributed by atoms with Crippen LogP contribution in [0.4, 0.5) is 4.79 Å². The third-order valence-corrected chi connectivity index (χ3v) is 6.23. The van der Waals surface area contributed by atoms with Gasteiger partial charge in [-0.3, -0.25) is 4.79 Å². The van der Waals surface area contributed by atoms with Crippen molar-refractivity contribution in [1.29, 1.82) is 0 Å². The van der Waals surface area contributed by atoms with E-state index in [0.717, 1.165) is 49.7 Å². The first-order chi connectivity index (χ1) is 16.2. The van der Waals surface area contributed by atoms with Crippen molar-refractivity contribution >= 4 is 12.0 Å². The van der Waals surface area contributed by atoms with Crippen molar-refractivity contribution in [2.75, 3.05) is 19.7 Å². The molecule has 33 heavy (non-hydrogen) atoms. The van der Waals surface area contributed by atoms with Crippen LogP contribution < -0.4 is 16.4 Å². The van der Waals surface area contributed by atoms with Gasteiger partial charge in [0.25, 0.3) is 0 Å². The smallest absolute Gasteiger partial charge is 0.407 e. The van der Waals surface area contributed by atoms with Gasteiger partial charge in [-0.05, 0) is 54.5 Å². The summed E-state index contributed by atoms with van der Waals surface area (Å²) in [7, 11) is 0. The molecule has 0 aliphatic heterocycles. The van der Waals surface area contributed by atoms with Crippen molar-refractivity contribution in [2.24, 2.45) is 5.73 Å². The van der Waals surface area contributed by atoms with Gasteiger partial charge in [0, 0.05) is 12.5 Å². The predicted octanol–water partition coefficient (Wildman–Crippen LogP) is 4.72. The monoisotopic (exact) mass is 451 g/mol. The Hall–Kier alpha value is -2.86. The van der Waals surface area contributed by atoms with Crippen molar-refractivity contribution in [3.8, 4) is 11.1 Å². The van der Waals surface area contributed by atoms with E-state index in [9.17, 15) is 9.59 Å². The summed E-state index contributed by atoms with van der Waals surface area (Å²) in [5.74, 6) is -0.164. The SMILES string of the molecule is CCCCCCNC(=O)[C@H](CCCCN)NC(=O)OCC1c2ccccc2-c2ccccc21. The zero-order valence-corrected chi connectivity index (χ0v) is 19.6. The number of ether oxygens (including phenoxy) is 1. The van der Waals surface area contributed by atoms with Crippen LogP contribution in [-0.2, 0) is 9.53 Å². The van der Waals surface area contributed by atoms with Crippen LogP contribution in [0.5, 0.6) is 0 Å². The lowest BCUT2D eigenvalue weighted by Crippen LogP contribution is -2.47. The molecule has 0 saturated heterocycles. The number of carbonyl (C=O) groups excluding carboxylic acids is 2. The second-order valence-electron chi connectivity index (χ2n) is 8.66. The summed E-state index contributed by atoms with van der Waals surface area (Å²) in [6, 6.07) is 15.8. The van der Waals surface area contributed by atoms with Gasteiger partial charge < -0.3 is 21.1 Å². The zero-order valence-electron chi connectivity index (χ0n) is 19.6. The second kappa shape index (κ2) is 13.0. The molecule has 4 N–H and O–H groups in total. The van der Waals surface area contributed by atoms with Crippen LogP contribution in [0.25, 0.3) is 11.1 Å². The molecule has 1 atom stereocenters. The summed E-state index contributed by atoms with van der Waals surface area (Å²) in [6.07, 6.45) is 5.92. The van der Waals surface area contributed by atoms with E-state index in [1.807, 2.05) is 24.3 Å². The maximum Gasteiger partial charge on any atom is 0.407 e. The van der Waals surface area contributed by atoms with E-state index in [2.05, 4.69) is 41.8 Å². The van der Waals surface area contributed by atoms with Crippen LogP contribution in [0, 0.1) is 0 Å². The van der Waals surface area contributed by atoms with Gasteiger partial charge >= 0.3 is 6.09 Å². The third kappa shape index (κ3) is 6.81. The Morgan fingerprint density at radius 3 is 2.24 bits per heavy atom. The van der Waals surface area contributed by atoms with E-state index in [0.29, 0.717) is 19.5 Å². The molecule has 0 heterocycles. The predicted molar refractivity (Wildman–Crippen MR) is 132 cm³/mol. The number of fused-ring (bicyclic) bond motifs is 3. The van der Waals surface area contributed by atoms with Crippen LogP contribution in [0.1, 0.15) is 68.9 Å². The number of nitrogens with one attached hydrogen (secondary N) is 2. The normalized spacial score (nSPS) is 13.2. The fourth-order valence-electron chi connectivity index (χ4n) is 4.43. The molecule has 0 aromatic heterocycles. The second-order valence-corrected chi connectivity index (χ2v) is 8.66. The van der Waals surface area contributed by atoms with Crippen molar-refractivity contribution in [2.45, 2.75) is 63.8 Å². The molecule has 2 amide bonds. The van der Waals surface area contributed by atoms with E-state index < -0.39 is 12.1 Å². The Kier molecular flexibility index (Phi) is 9.76.